The van der Waals surface area contributed by atoms with Crippen LogP contribution in [0.25, 0.3) is 0 Å². The van der Waals surface area contributed by atoms with Crippen LogP contribution in [-0.2, 0) is 0 Å². The summed E-state index contributed by atoms with van der Waals surface area (Å²) < 4.78 is 0. The summed E-state index contributed by atoms with van der Waals surface area (Å²) in [5.74, 6) is 0.845. The lowest BCUT2D eigenvalue weighted by atomic mass is 10.2. The number of anilines is 2. The molecule has 5 nitrogen and oxygen atoms in total. The molecule has 2 N–H and O–H groups in total. The number of nitrogens with zero attached hydrogens (tertiary/aromatic N) is 2. The summed E-state index contributed by atoms with van der Waals surface area (Å²) >= 11 is 0. The van der Waals surface area contributed by atoms with Gasteiger partial charge in [-0.1, -0.05) is 24.3 Å². The lowest BCUT2D eigenvalue weighted by molar-refractivity contribution is 0.102. The highest BCUT2D eigenvalue weighted by Gasteiger charge is 2.06. The normalized spacial score (nSPS) is 9.68. The van der Waals surface area contributed by atoms with Crippen molar-refractivity contribution in [1.82, 2.24) is 10.2 Å². The molecular weight excluding hydrogens is 240 g/mol. The fourth-order valence-corrected chi connectivity index (χ4v) is 1.45. The van der Waals surface area contributed by atoms with Crippen LogP contribution in [0.1, 0.15) is 10.4 Å². The van der Waals surface area contributed by atoms with Gasteiger partial charge in [-0.05, 0) is 24.3 Å². The summed E-state index contributed by atoms with van der Waals surface area (Å²) in [5, 5.41) is 13.5. The molecule has 19 heavy (non-hydrogen) atoms. The lowest BCUT2D eigenvalue weighted by Crippen LogP contribution is -2.13. The van der Waals surface area contributed by atoms with E-state index >= 15 is 0 Å². The average molecular weight is 254 g/mol. The van der Waals surface area contributed by atoms with Gasteiger partial charge >= 0.3 is 0 Å². The predicted octanol–water partition coefficient (Wildman–Crippen LogP) is 2.33. The first-order chi connectivity index (χ1) is 9.29. The molecule has 0 fully saturated rings. The summed E-state index contributed by atoms with van der Waals surface area (Å²) in [6, 6.07) is 12.4. The van der Waals surface area contributed by atoms with Crippen molar-refractivity contribution in [3.63, 3.8) is 0 Å². The van der Waals surface area contributed by atoms with Gasteiger partial charge in [0.1, 0.15) is 5.82 Å². The molecule has 1 aromatic carbocycles. The van der Waals surface area contributed by atoms with Gasteiger partial charge in [0, 0.05) is 12.1 Å². The number of rotatable bonds is 5. The third kappa shape index (κ3) is 3.64. The molecule has 5 heteroatoms. The minimum atomic E-state index is -0.207. The van der Waals surface area contributed by atoms with Crippen molar-refractivity contribution in [1.29, 1.82) is 0 Å². The molecule has 0 spiro atoms. The summed E-state index contributed by atoms with van der Waals surface area (Å²) in [6.07, 6.45) is 1.73. The Balaban J connectivity index is 1.99. The van der Waals surface area contributed by atoms with Crippen LogP contribution in [0.3, 0.4) is 0 Å². The maximum Gasteiger partial charge on any atom is 0.256 e. The van der Waals surface area contributed by atoms with Crippen LogP contribution >= 0.6 is 0 Å². The van der Waals surface area contributed by atoms with Gasteiger partial charge in [0.2, 0.25) is 0 Å². The van der Waals surface area contributed by atoms with Crippen molar-refractivity contribution in [3.05, 3.63) is 60.7 Å². The number of hydrogen-bond donors (Lipinski definition) is 2. The zero-order valence-corrected chi connectivity index (χ0v) is 10.3. The molecule has 0 atom stereocenters. The quantitative estimate of drug-likeness (QED) is 0.804. The van der Waals surface area contributed by atoms with Crippen molar-refractivity contribution in [2.45, 2.75) is 0 Å². The van der Waals surface area contributed by atoms with Crippen LogP contribution in [0.5, 0.6) is 0 Å². The van der Waals surface area contributed by atoms with Crippen LogP contribution in [0.2, 0.25) is 0 Å². The van der Waals surface area contributed by atoms with Gasteiger partial charge in [0.15, 0.2) is 5.82 Å². The van der Waals surface area contributed by atoms with E-state index in [2.05, 4.69) is 27.4 Å². The van der Waals surface area contributed by atoms with Gasteiger partial charge in [-0.25, -0.2) is 0 Å². The van der Waals surface area contributed by atoms with E-state index < -0.39 is 0 Å². The predicted molar refractivity (Wildman–Crippen MR) is 75.1 cm³/mol. The van der Waals surface area contributed by atoms with E-state index in [-0.39, 0.29) is 5.91 Å². The molecule has 0 bridgehead atoms. The number of amides is 1. The second kappa shape index (κ2) is 6.30. The molecule has 1 heterocycles. The molecule has 0 radical (unpaired) electrons. The summed E-state index contributed by atoms with van der Waals surface area (Å²) in [6.45, 7) is 4.21. The monoisotopic (exact) mass is 254 g/mol. The highest BCUT2D eigenvalue weighted by molar-refractivity contribution is 6.03. The fraction of sp³-hybridized carbons (Fsp3) is 0.0714. The van der Waals surface area contributed by atoms with Crippen LogP contribution in [0.15, 0.2) is 55.1 Å². The fourth-order valence-electron chi connectivity index (χ4n) is 1.45. The molecule has 0 aliphatic rings. The summed E-state index contributed by atoms with van der Waals surface area (Å²) in [4.78, 5) is 11.9. The Morgan fingerprint density at radius 3 is 2.42 bits per heavy atom. The minimum absolute atomic E-state index is 0.207. The molecule has 0 aliphatic carbocycles. The Bertz CT molecular complexity index is 551. The second-order valence-electron chi connectivity index (χ2n) is 3.79. The minimum Gasteiger partial charge on any atom is -0.365 e. The lowest BCUT2D eigenvalue weighted by Gasteiger charge is -2.05. The summed E-state index contributed by atoms with van der Waals surface area (Å²) in [7, 11) is 0. The average Bonchev–Trinajstić information content (AvgIpc) is 2.47. The van der Waals surface area contributed by atoms with Crippen molar-refractivity contribution in [2.24, 2.45) is 0 Å². The van der Waals surface area contributed by atoms with Crippen molar-refractivity contribution >= 4 is 17.5 Å². The number of nitrogens with one attached hydrogen (secondary N) is 2. The zero-order chi connectivity index (χ0) is 13.5. The van der Waals surface area contributed by atoms with E-state index in [1.54, 1.807) is 30.3 Å². The Labute approximate surface area is 111 Å². The standard InChI is InChI=1S/C14H14N4O/c1-2-10-15-12-8-9-13(18-17-12)16-14(19)11-6-4-3-5-7-11/h2-9H,1,10H2,(H,15,17)(H,16,18,19). The van der Waals surface area contributed by atoms with Crippen LogP contribution in [0.4, 0.5) is 11.6 Å². The van der Waals surface area contributed by atoms with E-state index in [1.807, 2.05) is 18.2 Å². The van der Waals surface area contributed by atoms with E-state index in [4.69, 9.17) is 0 Å². The van der Waals surface area contributed by atoms with E-state index in [1.165, 1.54) is 0 Å². The first-order valence-corrected chi connectivity index (χ1v) is 5.84. The number of carbonyl (C=O) groups is 1. The van der Waals surface area contributed by atoms with Gasteiger partial charge in [0.05, 0.1) is 0 Å². The van der Waals surface area contributed by atoms with Crippen LogP contribution in [-0.4, -0.2) is 22.6 Å². The molecular formula is C14H14N4O. The van der Waals surface area contributed by atoms with Gasteiger partial charge in [0.25, 0.3) is 5.91 Å². The topological polar surface area (TPSA) is 66.9 Å². The Morgan fingerprint density at radius 1 is 1.11 bits per heavy atom. The maximum atomic E-state index is 11.9. The highest BCUT2D eigenvalue weighted by Crippen LogP contribution is 2.08. The molecule has 0 saturated heterocycles. The smallest absolute Gasteiger partial charge is 0.256 e. The van der Waals surface area contributed by atoms with E-state index in [0.717, 1.165) is 0 Å². The van der Waals surface area contributed by atoms with Crippen molar-refractivity contribution in [3.8, 4) is 0 Å². The largest absolute Gasteiger partial charge is 0.365 e. The molecule has 96 valence electrons. The van der Waals surface area contributed by atoms with Gasteiger partial charge in [-0.2, -0.15) is 0 Å². The molecule has 2 aromatic rings. The summed E-state index contributed by atoms with van der Waals surface area (Å²) in [5.41, 5.74) is 0.582. The molecule has 0 saturated carbocycles. The van der Waals surface area contributed by atoms with Crippen LogP contribution < -0.4 is 10.6 Å². The maximum absolute atomic E-state index is 11.9. The van der Waals surface area contributed by atoms with Crippen molar-refractivity contribution in [2.75, 3.05) is 17.2 Å². The van der Waals surface area contributed by atoms with Crippen LogP contribution in [0, 0.1) is 0 Å². The molecule has 0 unspecified atom stereocenters. The molecule has 0 aliphatic heterocycles. The number of carbonyl (C=O) groups excluding carboxylic acids is 1. The second-order valence-corrected chi connectivity index (χ2v) is 3.79. The third-order valence-corrected chi connectivity index (χ3v) is 2.37. The molecule has 1 amide bonds. The Morgan fingerprint density at radius 2 is 1.79 bits per heavy atom. The third-order valence-electron chi connectivity index (χ3n) is 2.37. The van der Waals surface area contributed by atoms with Gasteiger partial charge in [-0.3, -0.25) is 4.79 Å². The highest BCUT2D eigenvalue weighted by atomic mass is 16.1. The first kappa shape index (κ1) is 12.8. The number of hydrogen-bond acceptors (Lipinski definition) is 4. The first-order valence-electron chi connectivity index (χ1n) is 5.84. The molecule has 2 rings (SSSR count). The van der Waals surface area contributed by atoms with Gasteiger partial charge < -0.3 is 10.6 Å². The Hall–Kier alpha value is -2.69. The number of benzene rings is 1. The SMILES string of the molecule is C=CCNc1ccc(NC(=O)c2ccccc2)nn1. The van der Waals surface area contributed by atoms with E-state index in [0.29, 0.717) is 23.7 Å². The Kier molecular flexibility index (Phi) is 4.23. The van der Waals surface area contributed by atoms with E-state index in [9.17, 15) is 4.79 Å². The zero-order valence-electron chi connectivity index (χ0n) is 10.3. The number of aromatic nitrogens is 2. The molecule has 1 aromatic heterocycles. The van der Waals surface area contributed by atoms with Crippen molar-refractivity contribution < 1.29 is 4.79 Å². The van der Waals surface area contributed by atoms with Gasteiger partial charge in [-0.15, -0.1) is 16.8 Å².